The average Bonchev–Trinajstić information content (AvgIpc) is 2.25. The van der Waals surface area contributed by atoms with Gasteiger partial charge in [0, 0.05) is 12.5 Å². The summed E-state index contributed by atoms with van der Waals surface area (Å²) < 4.78 is 15.8. The third-order valence-corrected chi connectivity index (χ3v) is 2.19. The van der Waals surface area contributed by atoms with E-state index < -0.39 is 0 Å². The number of methoxy groups -OCH3 is 2. The van der Waals surface area contributed by atoms with Gasteiger partial charge in [0.05, 0.1) is 38.8 Å². The van der Waals surface area contributed by atoms with Crippen molar-refractivity contribution in [1.29, 1.82) is 0 Å². The summed E-state index contributed by atoms with van der Waals surface area (Å²) in [5.41, 5.74) is 0. The highest BCUT2D eigenvalue weighted by molar-refractivity contribution is 5.18. The average molecular weight is 198 g/mol. The lowest BCUT2D eigenvalue weighted by Gasteiger charge is -2.19. The number of rotatable bonds is 5. The highest BCUT2D eigenvalue weighted by Crippen LogP contribution is 2.23. The van der Waals surface area contributed by atoms with E-state index in [2.05, 4.69) is 12.2 Å². The monoisotopic (exact) mass is 198 g/mol. The van der Waals surface area contributed by atoms with Crippen LogP contribution in [0.2, 0.25) is 0 Å². The minimum absolute atomic E-state index is 0.272. The van der Waals surface area contributed by atoms with Gasteiger partial charge in [0.15, 0.2) is 0 Å². The molecule has 0 heterocycles. The van der Waals surface area contributed by atoms with Crippen LogP contribution in [-0.2, 0) is 14.2 Å². The van der Waals surface area contributed by atoms with Crippen LogP contribution in [0.15, 0.2) is 23.7 Å². The van der Waals surface area contributed by atoms with Gasteiger partial charge >= 0.3 is 0 Å². The van der Waals surface area contributed by atoms with Crippen LogP contribution >= 0.6 is 0 Å². The molecule has 0 aromatic heterocycles. The predicted molar refractivity (Wildman–Crippen MR) is 54.8 cm³/mol. The molecule has 0 aliphatic heterocycles. The van der Waals surface area contributed by atoms with E-state index in [1.807, 2.05) is 6.92 Å². The van der Waals surface area contributed by atoms with Crippen molar-refractivity contribution in [2.75, 3.05) is 27.4 Å². The zero-order valence-electron chi connectivity index (χ0n) is 9.08. The fourth-order valence-electron chi connectivity index (χ4n) is 1.45. The minimum Gasteiger partial charge on any atom is -0.501 e. The van der Waals surface area contributed by atoms with Gasteiger partial charge in [-0.1, -0.05) is 0 Å². The van der Waals surface area contributed by atoms with E-state index >= 15 is 0 Å². The number of ether oxygens (including phenoxy) is 3. The topological polar surface area (TPSA) is 27.7 Å². The van der Waals surface area contributed by atoms with Gasteiger partial charge in [0.1, 0.15) is 0 Å². The summed E-state index contributed by atoms with van der Waals surface area (Å²) >= 11 is 0. The van der Waals surface area contributed by atoms with E-state index in [-0.39, 0.29) is 5.92 Å². The molecule has 0 aromatic rings. The summed E-state index contributed by atoms with van der Waals surface area (Å²) in [6.45, 7) is 3.42. The van der Waals surface area contributed by atoms with Crippen LogP contribution in [0.4, 0.5) is 0 Å². The van der Waals surface area contributed by atoms with Crippen LogP contribution in [0.5, 0.6) is 0 Å². The summed E-state index contributed by atoms with van der Waals surface area (Å²) in [6, 6.07) is 0. The second-order valence-corrected chi connectivity index (χ2v) is 3.17. The lowest BCUT2D eigenvalue weighted by molar-refractivity contribution is 0.129. The molecule has 0 bridgehead atoms. The van der Waals surface area contributed by atoms with Crippen molar-refractivity contribution in [1.82, 2.24) is 0 Å². The lowest BCUT2D eigenvalue weighted by atomic mass is 10.0. The van der Waals surface area contributed by atoms with Gasteiger partial charge in [-0.05, 0) is 19.1 Å². The fraction of sp³-hybridized carbons (Fsp3) is 0.636. The maximum absolute atomic E-state index is 5.36. The maximum Gasteiger partial charge on any atom is 0.0997 e. The van der Waals surface area contributed by atoms with Gasteiger partial charge in [0.2, 0.25) is 0 Å². The van der Waals surface area contributed by atoms with Crippen molar-refractivity contribution in [3.8, 4) is 0 Å². The Bertz CT molecular complexity index is 211. The summed E-state index contributed by atoms with van der Waals surface area (Å²) in [5.74, 6) is 2.18. The molecule has 0 N–H and O–H groups in total. The molecular formula is C11H18O3. The third-order valence-electron chi connectivity index (χ3n) is 2.19. The summed E-state index contributed by atoms with van der Waals surface area (Å²) in [4.78, 5) is 0. The molecule has 1 aliphatic carbocycles. The van der Waals surface area contributed by atoms with Crippen molar-refractivity contribution >= 4 is 0 Å². The maximum atomic E-state index is 5.36. The fourth-order valence-corrected chi connectivity index (χ4v) is 1.45. The molecule has 80 valence electrons. The standard InChI is InChI=1S/C11H18O3/c1-4-14-8-9-5-10(12-2)7-11(6-9)13-3/h5-6,9H,4,7-8H2,1-3H3. The Labute approximate surface area is 85.3 Å². The molecule has 3 heteroatoms. The highest BCUT2D eigenvalue weighted by atomic mass is 16.5. The van der Waals surface area contributed by atoms with E-state index in [0.717, 1.165) is 24.5 Å². The molecule has 3 nitrogen and oxygen atoms in total. The highest BCUT2D eigenvalue weighted by Gasteiger charge is 2.15. The quantitative estimate of drug-likeness (QED) is 0.677. The first-order valence-corrected chi connectivity index (χ1v) is 4.87. The largest absolute Gasteiger partial charge is 0.501 e. The minimum atomic E-state index is 0.272. The van der Waals surface area contributed by atoms with E-state index in [0.29, 0.717) is 6.61 Å². The van der Waals surface area contributed by atoms with Gasteiger partial charge in [-0.15, -0.1) is 0 Å². The Morgan fingerprint density at radius 3 is 2.21 bits per heavy atom. The van der Waals surface area contributed by atoms with Crippen molar-refractivity contribution in [2.45, 2.75) is 13.3 Å². The molecule has 0 spiro atoms. The van der Waals surface area contributed by atoms with Crippen LogP contribution in [-0.4, -0.2) is 27.4 Å². The summed E-state index contributed by atoms with van der Waals surface area (Å²) in [6.07, 6.45) is 4.91. The molecule has 1 rings (SSSR count). The first-order valence-electron chi connectivity index (χ1n) is 4.87. The smallest absolute Gasteiger partial charge is 0.0997 e. The van der Waals surface area contributed by atoms with E-state index in [1.54, 1.807) is 14.2 Å². The molecule has 0 fully saturated rings. The SMILES string of the molecule is CCOCC1C=C(OC)CC(OC)=C1. The van der Waals surface area contributed by atoms with Crippen molar-refractivity contribution in [2.24, 2.45) is 5.92 Å². The molecule has 0 saturated carbocycles. The van der Waals surface area contributed by atoms with Crippen LogP contribution in [0.25, 0.3) is 0 Å². The number of hydrogen-bond acceptors (Lipinski definition) is 3. The molecular weight excluding hydrogens is 180 g/mol. The van der Waals surface area contributed by atoms with E-state index in [9.17, 15) is 0 Å². The van der Waals surface area contributed by atoms with E-state index in [1.165, 1.54) is 0 Å². The summed E-state index contributed by atoms with van der Waals surface area (Å²) in [5, 5.41) is 0. The molecule has 14 heavy (non-hydrogen) atoms. The second-order valence-electron chi connectivity index (χ2n) is 3.17. The van der Waals surface area contributed by atoms with Gasteiger partial charge in [-0.3, -0.25) is 0 Å². The van der Waals surface area contributed by atoms with Crippen molar-refractivity contribution < 1.29 is 14.2 Å². The van der Waals surface area contributed by atoms with E-state index in [4.69, 9.17) is 14.2 Å². The van der Waals surface area contributed by atoms with Crippen molar-refractivity contribution in [3.63, 3.8) is 0 Å². The Kier molecular flexibility index (Phi) is 4.53. The van der Waals surface area contributed by atoms with Crippen molar-refractivity contribution in [3.05, 3.63) is 23.7 Å². The van der Waals surface area contributed by atoms with Gasteiger partial charge in [-0.25, -0.2) is 0 Å². The first kappa shape index (κ1) is 11.1. The molecule has 0 atom stereocenters. The van der Waals surface area contributed by atoms with Crippen LogP contribution in [0.1, 0.15) is 13.3 Å². The lowest BCUT2D eigenvalue weighted by Crippen LogP contribution is -2.11. The predicted octanol–water partition coefficient (Wildman–Crippen LogP) is 2.10. The van der Waals surface area contributed by atoms with Gasteiger partial charge in [0.25, 0.3) is 0 Å². The molecule has 0 amide bonds. The van der Waals surface area contributed by atoms with Crippen LogP contribution < -0.4 is 0 Å². The Morgan fingerprint density at radius 1 is 1.21 bits per heavy atom. The van der Waals surface area contributed by atoms with Crippen LogP contribution in [0.3, 0.4) is 0 Å². The van der Waals surface area contributed by atoms with Gasteiger partial charge < -0.3 is 14.2 Å². The zero-order valence-corrected chi connectivity index (χ0v) is 9.08. The molecule has 0 saturated heterocycles. The zero-order chi connectivity index (χ0) is 10.4. The Morgan fingerprint density at radius 2 is 1.79 bits per heavy atom. The van der Waals surface area contributed by atoms with Gasteiger partial charge in [-0.2, -0.15) is 0 Å². The third kappa shape index (κ3) is 3.07. The molecule has 0 unspecified atom stereocenters. The Balaban J connectivity index is 2.57. The van der Waals surface area contributed by atoms with Crippen LogP contribution in [0, 0.1) is 5.92 Å². The first-order chi connectivity index (χ1) is 6.80. The second kappa shape index (κ2) is 5.70. The molecule has 1 aliphatic rings. The normalized spacial score (nSPS) is 17.4. The molecule has 0 aromatic carbocycles. The molecule has 0 radical (unpaired) electrons. The Hall–Kier alpha value is -0.960. The summed E-state index contributed by atoms with van der Waals surface area (Å²) in [7, 11) is 3.37. The number of hydrogen-bond donors (Lipinski definition) is 0.